The third kappa shape index (κ3) is 6.73. The zero-order valence-corrected chi connectivity index (χ0v) is 28.2. The Morgan fingerprint density at radius 1 is 0.707 bits per heavy atom. The van der Waals surface area contributed by atoms with E-state index in [0.717, 1.165) is 22.4 Å². The summed E-state index contributed by atoms with van der Waals surface area (Å²) in [6, 6.07) is 47.0. The zero-order valence-electron chi connectivity index (χ0n) is 23.2. The maximum Gasteiger partial charge on any atom is 0.0920 e. The van der Waals surface area contributed by atoms with Gasteiger partial charge in [-0.15, -0.1) is 34.0 Å². The molecule has 4 heteroatoms. The number of hydrogen-bond donors (Lipinski definition) is 0. The Hall–Kier alpha value is -2.61. The molecule has 0 aliphatic carbocycles. The van der Waals surface area contributed by atoms with E-state index >= 15 is 0 Å². The summed E-state index contributed by atoms with van der Waals surface area (Å²) in [5.41, 5.74) is 10.9. The van der Waals surface area contributed by atoms with E-state index in [2.05, 4.69) is 135 Å². The number of benzene rings is 5. The van der Waals surface area contributed by atoms with Gasteiger partial charge < -0.3 is 0 Å². The molecule has 41 heavy (non-hydrogen) atoms. The van der Waals surface area contributed by atoms with Gasteiger partial charge in [0.2, 0.25) is 0 Å². The van der Waals surface area contributed by atoms with Crippen molar-refractivity contribution < 1.29 is 20.8 Å². The first-order valence-electron chi connectivity index (χ1n) is 13.9. The molecule has 0 bridgehead atoms. The van der Waals surface area contributed by atoms with Crippen molar-refractivity contribution in [3.05, 3.63) is 139 Å². The second-order valence-electron chi connectivity index (χ2n) is 9.79. The largest absolute Gasteiger partial charge is 0.184 e. The second-order valence-corrected chi connectivity index (χ2v) is 14.8. The summed E-state index contributed by atoms with van der Waals surface area (Å²) in [4.78, 5) is 0. The van der Waals surface area contributed by atoms with Crippen LogP contribution >= 0.6 is 17.0 Å². The summed E-state index contributed by atoms with van der Waals surface area (Å²) in [6.45, 7) is 4.47. The monoisotopic (exact) mass is 662 g/mol. The zero-order chi connectivity index (χ0) is 28.6. The molecule has 0 amide bonds. The number of rotatable bonds is 4. The number of hydrogen-bond acceptors (Lipinski definition) is 0. The second kappa shape index (κ2) is 14.5. The average molecular weight is 665 g/mol. The van der Waals surface area contributed by atoms with Crippen LogP contribution < -0.4 is 10.4 Å². The standard InChI is InChI=1S/C25H23.C12H7Si.2ClH.Zr/c1-3-18-16-21-14-15-23(20-11-6-5-7-12-20)25(24(21)17-18)22-13-9-8-10-19(22)4-2;1-3-7-11-9(5-1)10-6-2-4-8-12(10)13-11;;;/h5-17H,3-4H2,1-2H3;1-7H;2*1H;/q2*-1;;;+4/p-2. The third-order valence-electron chi connectivity index (χ3n) is 7.44. The van der Waals surface area contributed by atoms with E-state index in [1.165, 1.54) is 65.7 Å². The number of aryl methyl sites for hydroxylation is 2. The van der Waals surface area contributed by atoms with Crippen LogP contribution in [0.2, 0.25) is 0 Å². The minimum absolute atomic E-state index is 0.795. The van der Waals surface area contributed by atoms with Gasteiger partial charge in [-0.3, -0.25) is 0 Å². The quantitative estimate of drug-likeness (QED) is 0.130. The molecule has 1 aliphatic rings. The topological polar surface area (TPSA) is 0 Å². The van der Waals surface area contributed by atoms with Crippen LogP contribution in [0.25, 0.3) is 44.2 Å². The Balaban J connectivity index is 0.000000175. The van der Waals surface area contributed by atoms with Crippen LogP contribution in [-0.4, -0.2) is 9.52 Å². The van der Waals surface area contributed by atoms with Gasteiger partial charge in [0.15, 0.2) is 0 Å². The van der Waals surface area contributed by atoms with Gasteiger partial charge in [0.25, 0.3) is 0 Å². The molecule has 0 saturated carbocycles. The van der Waals surface area contributed by atoms with Gasteiger partial charge >= 0.3 is 37.9 Å². The summed E-state index contributed by atoms with van der Waals surface area (Å²) >= 11 is -0.826. The Morgan fingerprint density at radius 2 is 1.39 bits per heavy atom. The SMILES string of the molecule is CCc1cc2c(-c3ccccc3CC)c(-c3ccccc3)ccc2[cH-]1.[Cl][Zr+2][Cl].[c-]1cccc2c1[Si]c1ccccc1-2. The smallest absolute Gasteiger partial charge is 0.0920 e. The molecule has 0 N–H and O–H groups in total. The van der Waals surface area contributed by atoms with Crippen LogP contribution in [0.15, 0.2) is 121 Å². The molecule has 6 aromatic rings. The van der Waals surface area contributed by atoms with Gasteiger partial charge in [0.1, 0.15) is 0 Å². The maximum atomic E-state index is 4.93. The van der Waals surface area contributed by atoms with E-state index in [9.17, 15) is 0 Å². The van der Waals surface area contributed by atoms with Gasteiger partial charge in [0.05, 0.1) is 9.52 Å². The summed E-state index contributed by atoms with van der Waals surface area (Å²) in [7, 11) is 10.7. The average Bonchev–Trinajstić information content (AvgIpc) is 3.63. The van der Waals surface area contributed by atoms with Crippen LogP contribution in [-0.2, 0) is 33.7 Å². The van der Waals surface area contributed by atoms with Crippen LogP contribution in [0.3, 0.4) is 0 Å². The Bertz CT molecular complexity index is 1700. The molecule has 7 rings (SSSR count). The number of fused-ring (bicyclic) bond motifs is 4. The molecule has 0 nitrogen and oxygen atoms in total. The summed E-state index contributed by atoms with van der Waals surface area (Å²) < 4.78 is 0. The molecule has 1 heterocycles. The van der Waals surface area contributed by atoms with Crippen molar-refractivity contribution in [3.63, 3.8) is 0 Å². The molecule has 2 radical (unpaired) electrons. The molecule has 0 unspecified atom stereocenters. The van der Waals surface area contributed by atoms with Crippen molar-refractivity contribution in [2.75, 3.05) is 0 Å². The molecule has 200 valence electrons. The van der Waals surface area contributed by atoms with Crippen LogP contribution in [0.1, 0.15) is 25.0 Å². The van der Waals surface area contributed by atoms with Crippen molar-refractivity contribution >= 4 is 47.7 Å². The third-order valence-corrected chi connectivity index (χ3v) is 8.81. The van der Waals surface area contributed by atoms with Gasteiger partial charge in [0, 0.05) is 0 Å². The Labute approximate surface area is 265 Å². The molecule has 0 spiro atoms. The van der Waals surface area contributed by atoms with Crippen LogP contribution in [0, 0.1) is 6.07 Å². The van der Waals surface area contributed by atoms with Crippen LogP contribution in [0.5, 0.6) is 0 Å². The van der Waals surface area contributed by atoms with Gasteiger partial charge in [-0.1, -0.05) is 115 Å². The molecular formula is C37H30Cl2SiZr. The predicted molar refractivity (Wildman–Crippen MR) is 177 cm³/mol. The summed E-state index contributed by atoms with van der Waals surface area (Å²) in [5.74, 6) is 0. The first-order valence-corrected chi connectivity index (χ1v) is 21.2. The first-order chi connectivity index (χ1) is 20.2. The fraction of sp³-hybridized carbons (Fsp3) is 0.108. The van der Waals surface area contributed by atoms with Crippen LogP contribution in [0.4, 0.5) is 0 Å². The number of halogens is 2. The van der Waals surface area contributed by atoms with E-state index in [1.807, 2.05) is 6.07 Å². The van der Waals surface area contributed by atoms with Crippen molar-refractivity contribution in [1.29, 1.82) is 0 Å². The molecule has 0 fully saturated rings. The van der Waals surface area contributed by atoms with Crippen molar-refractivity contribution in [2.24, 2.45) is 0 Å². The fourth-order valence-electron chi connectivity index (χ4n) is 5.50. The fourth-order valence-corrected chi connectivity index (χ4v) is 6.81. The first kappa shape index (κ1) is 29.9. The normalized spacial score (nSPS) is 10.9. The summed E-state index contributed by atoms with van der Waals surface area (Å²) in [6.07, 6.45) is 2.12. The molecule has 0 atom stereocenters. The summed E-state index contributed by atoms with van der Waals surface area (Å²) in [5, 5.41) is 5.54. The van der Waals surface area contributed by atoms with E-state index in [4.69, 9.17) is 17.0 Å². The molecule has 1 aliphatic heterocycles. The molecule has 0 saturated heterocycles. The van der Waals surface area contributed by atoms with Gasteiger partial charge in [-0.2, -0.15) is 35.5 Å². The molecular weight excluding hydrogens is 635 g/mol. The van der Waals surface area contributed by atoms with E-state index < -0.39 is 20.8 Å². The minimum Gasteiger partial charge on any atom is -0.184 e. The van der Waals surface area contributed by atoms with E-state index in [1.54, 1.807) is 0 Å². The van der Waals surface area contributed by atoms with Crippen molar-refractivity contribution in [1.82, 2.24) is 0 Å². The van der Waals surface area contributed by atoms with Crippen molar-refractivity contribution in [2.45, 2.75) is 26.7 Å². The van der Waals surface area contributed by atoms with Gasteiger partial charge in [-0.25, -0.2) is 0 Å². The van der Waals surface area contributed by atoms with E-state index in [0.29, 0.717) is 0 Å². The minimum atomic E-state index is -0.826. The molecule has 0 aromatic heterocycles. The maximum absolute atomic E-state index is 4.93. The molecule has 6 aromatic carbocycles. The van der Waals surface area contributed by atoms with Gasteiger partial charge in [-0.05, 0) is 35.1 Å². The predicted octanol–water partition coefficient (Wildman–Crippen LogP) is 9.52. The Morgan fingerprint density at radius 3 is 2.15 bits per heavy atom. The Kier molecular flexibility index (Phi) is 10.6. The van der Waals surface area contributed by atoms with E-state index in [-0.39, 0.29) is 0 Å². The van der Waals surface area contributed by atoms with Crippen molar-refractivity contribution in [3.8, 4) is 33.4 Å².